The number of amides is 1. The van der Waals surface area contributed by atoms with Crippen LogP contribution in [-0.2, 0) is 6.42 Å². The summed E-state index contributed by atoms with van der Waals surface area (Å²) in [5.74, 6) is 0.737. The SMILES string of the molecule is Cc1ccccc1-c1nnc(-c2ccc(C(=O)Nc3ccc(CCN(C)C)cc3)cc2)o1. The van der Waals surface area contributed by atoms with E-state index in [1.807, 2.05) is 67.6 Å². The minimum Gasteiger partial charge on any atom is -0.416 e. The number of carbonyl (C=O) groups excluding carboxylic acids is 1. The highest BCUT2D eigenvalue weighted by Gasteiger charge is 2.13. The zero-order valence-electron chi connectivity index (χ0n) is 18.5. The Balaban J connectivity index is 1.41. The molecule has 6 heteroatoms. The fourth-order valence-corrected chi connectivity index (χ4v) is 3.34. The highest BCUT2D eigenvalue weighted by atomic mass is 16.4. The molecule has 0 unspecified atom stereocenters. The van der Waals surface area contributed by atoms with E-state index in [0.717, 1.165) is 35.3 Å². The standard InChI is InChI=1S/C26H26N4O2/c1-18-6-4-5-7-23(18)26-29-28-25(32-26)21-12-10-20(11-13-21)24(31)27-22-14-8-19(9-15-22)16-17-30(2)3/h4-15H,16-17H2,1-3H3,(H,27,31). The number of aromatic nitrogens is 2. The Morgan fingerprint density at radius 2 is 1.59 bits per heavy atom. The molecule has 162 valence electrons. The molecule has 0 radical (unpaired) electrons. The Bertz CT molecular complexity index is 1200. The van der Waals surface area contributed by atoms with E-state index >= 15 is 0 Å². The van der Waals surface area contributed by atoms with E-state index in [1.54, 1.807) is 12.1 Å². The maximum atomic E-state index is 12.6. The lowest BCUT2D eigenvalue weighted by molar-refractivity contribution is 0.102. The largest absolute Gasteiger partial charge is 0.416 e. The maximum absolute atomic E-state index is 12.6. The van der Waals surface area contributed by atoms with Gasteiger partial charge < -0.3 is 14.6 Å². The predicted octanol–water partition coefficient (Wildman–Crippen LogP) is 5.07. The molecule has 1 aromatic heterocycles. The predicted molar refractivity (Wildman–Crippen MR) is 127 cm³/mol. The number of likely N-dealkylation sites (N-methyl/N-ethyl adjacent to an activating group) is 1. The number of nitrogens with zero attached hydrogens (tertiary/aromatic N) is 3. The first-order chi connectivity index (χ1) is 15.5. The van der Waals surface area contributed by atoms with Crippen molar-refractivity contribution in [2.45, 2.75) is 13.3 Å². The Labute approximate surface area is 187 Å². The van der Waals surface area contributed by atoms with Gasteiger partial charge in [-0.3, -0.25) is 4.79 Å². The Morgan fingerprint density at radius 3 is 2.28 bits per heavy atom. The van der Waals surface area contributed by atoms with Crippen LogP contribution in [0.1, 0.15) is 21.5 Å². The summed E-state index contributed by atoms with van der Waals surface area (Å²) >= 11 is 0. The fourth-order valence-electron chi connectivity index (χ4n) is 3.34. The molecule has 0 fully saturated rings. The van der Waals surface area contributed by atoms with Gasteiger partial charge in [-0.2, -0.15) is 0 Å². The van der Waals surface area contributed by atoms with Crippen LogP contribution in [0.15, 0.2) is 77.2 Å². The highest BCUT2D eigenvalue weighted by Crippen LogP contribution is 2.26. The van der Waals surface area contributed by atoms with Crippen LogP contribution >= 0.6 is 0 Å². The second-order valence-electron chi connectivity index (χ2n) is 8.01. The summed E-state index contributed by atoms with van der Waals surface area (Å²) in [6.07, 6.45) is 0.976. The molecule has 0 aliphatic rings. The number of nitrogens with one attached hydrogen (secondary N) is 1. The average Bonchev–Trinajstić information content (AvgIpc) is 3.29. The summed E-state index contributed by atoms with van der Waals surface area (Å²) in [5, 5.41) is 11.3. The van der Waals surface area contributed by atoms with E-state index in [9.17, 15) is 4.79 Å². The van der Waals surface area contributed by atoms with E-state index < -0.39 is 0 Å². The molecular formula is C26H26N4O2. The van der Waals surface area contributed by atoms with Gasteiger partial charge in [0.05, 0.1) is 0 Å². The van der Waals surface area contributed by atoms with Gasteiger partial charge in [0.25, 0.3) is 5.91 Å². The Hall–Kier alpha value is -3.77. The Morgan fingerprint density at radius 1 is 0.906 bits per heavy atom. The lowest BCUT2D eigenvalue weighted by atomic mass is 10.1. The summed E-state index contributed by atoms with van der Waals surface area (Å²) in [6.45, 7) is 2.99. The van der Waals surface area contributed by atoms with Crippen LogP contribution in [0.2, 0.25) is 0 Å². The molecule has 1 N–H and O–H groups in total. The smallest absolute Gasteiger partial charge is 0.255 e. The van der Waals surface area contributed by atoms with Crippen molar-refractivity contribution >= 4 is 11.6 Å². The first-order valence-corrected chi connectivity index (χ1v) is 10.5. The molecular weight excluding hydrogens is 400 g/mol. The summed E-state index contributed by atoms with van der Waals surface area (Å²) < 4.78 is 5.85. The van der Waals surface area contributed by atoms with Crippen molar-refractivity contribution in [3.63, 3.8) is 0 Å². The van der Waals surface area contributed by atoms with Gasteiger partial charge in [-0.25, -0.2) is 0 Å². The molecule has 1 heterocycles. The van der Waals surface area contributed by atoms with Crippen LogP contribution in [0, 0.1) is 6.92 Å². The third-order valence-electron chi connectivity index (χ3n) is 5.25. The van der Waals surface area contributed by atoms with Crippen LogP contribution < -0.4 is 5.32 Å². The molecule has 3 aromatic carbocycles. The normalized spacial score (nSPS) is 11.0. The zero-order chi connectivity index (χ0) is 22.5. The lowest BCUT2D eigenvalue weighted by Crippen LogP contribution is -2.15. The van der Waals surface area contributed by atoms with Crippen LogP contribution in [0.25, 0.3) is 22.9 Å². The van der Waals surface area contributed by atoms with Gasteiger partial charge in [0.15, 0.2) is 0 Å². The first kappa shape index (κ1) is 21.5. The van der Waals surface area contributed by atoms with Crippen molar-refractivity contribution < 1.29 is 9.21 Å². The van der Waals surface area contributed by atoms with E-state index in [0.29, 0.717) is 17.3 Å². The van der Waals surface area contributed by atoms with Gasteiger partial charge >= 0.3 is 0 Å². The van der Waals surface area contributed by atoms with Crippen molar-refractivity contribution in [2.75, 3.05) is 26.0 Å². The van der Waals surface area contributed by atoms with Gasteiger partial charge in [0, 0.05) is 28.9 Å². The van der Waals surface area contributed by atoms with Gasteiger partial charge in [0.1, 0.15) is 0 Å². The van der Waals surface area contributed by atoms with Crippen LogP contribution in [0.5, 0.6) is 0 Å². The lowest BCUT2D eigenvalue weighted by Gasteiger charge is -2.10. The highest BCUT2D eigenvalue weighted by molar-refractivity contribution is 6.04. The quantitative estimate of drug-likeness (QED) is 0.447. The second kappa shape index (κ2) is 9.58. The van der Waals surface area contributed by atoms with Gasteiger partial charge in [-0.1, -0.05) is 30.3 Å². The molecule has 32 heavy (non-hydrogen) atoms. The monoisotopic (exact) mass is 426 g/mol. The third-order valence-corrected chi connectivity index (χ3v) is 5.25. The number of anilines is 1. The molecule has 0 spiro atoms. The van der Waals surface area contributed by atoms with Gasteiger partial charge in [0.2, 0.25) is 11.8 Å². The maximum Gasteiger partial charge on any atom is 0.255 e. The summed E-state index contributed by atoms with van der Waals surface area (Å²) in [6, 6.07) is 23.0. The molecule has 0 aliphatic carbocycles. The van der Waals surface area contributed by atoms with E-state index in [4.69, 9.17) is 4.42 Å². The third kappa shape index (κ3) is 5.10. The molecule has 0 saturated carbocycles. The van der Waals surface area contributed by atoms with Gasteiger partial charge in [-0.05, 0) is 81.0 Å². The minimum atomic E-state index is -0.163. The Kier molecular flexibility index (Phi) is 6.42. The number of hydrogen-bond acceptors (Lipinski definition) is 5. The van der Waals surface area contributed by atoms with E-state index in [2.05, 4.69) is 34.5 Å². The fraction of sp³-hybridized carbons (Fsp3) is 0.192. The summed E-state index contributed by atoms with van der Waals surface area (Å²) in [5.41, 5.74) is 5.32. The van der Waals surface area contributed by atoms with Crippen molar-refractivity contribution in [3.05, 3.63) is 89.5 Å². The van der Waals surface area contributed by atoms with Crippen LogP contribution in [-0.4, -0.2) is 41.6 Å². The molecule has 0 bridgehead atoms. The first-order valence-electron chi connectivity index (χ1n) is 10.5. The number of carbonyl (C=O) groups is 1. The van der Waals surface area contributed by atoms with Crippen molar-refractivity contribution in [1.82, 2.24) is 15.1 Å². The van der Waals surface area contributed by atoms with Crippen molar-refractivity contribution in [2.24, 2.45) is 0 Å². The van der Waals surface area contributed by atoms with Crippen LogP contribution in [0.4, 0.5) is 5.69 Å². The minimum absolute atomic E-state index is 0.163. The molecule has 6 nitrogen and oxygen atoms in total. The summed E-state index contributed by atoms with van der Waals surface area (Å²) in [7, 11) is 4.11. The van der Waals surface area contributed by atoms with E-state index in [-0.39, 0.29) is 5.91 Å². The molecule has 1 amide bonds. The van der Waals surface area contributed by atoms with E-state index in [1.165, 1.54) is 5.56 Å². The molecule has 0 aliphatic heterocycles. The average molecular weight is 427 g/mol. The van der Waals surface area contributed by atoms with Crippen LogP contribution in [0.3, 0.4) is 0 Å². The number of aryl methyl sites for hydroxylation is 1. The summed E-state index contributed by atoms with van der Waals surface area (Å²) in [4.78, 5) is 14.8. The molecule has 0 saturated heterocycles. The topological polar surface area (TPSA) is 71.3 Å². The zero-order valence-corrected chi connectivity index (χ0v) is 18.5. The van der Waals surface area contributed by atoms with Gasteiger partial charge in [-0.15, -0.1) is 10.2 Å². The van der Waals surface area contributed by atoms with Crippen molar-refractivity contribution in [1.29, 1.82) is 0 Å². The number of benzene rings is 3. The molecule has 0 atom stereocenters. The molecule has 4 rings (SSSR count). The molecule has 4 aromatic rings. The number of rotatable bonds is 7. The second-order valence-corrected chi connectivity index (χ2v) is 8.01. The van der Waals surface area contributed by atoms with Crippen molar-refractivity contribution in [3.8, 4) is 22.9 Å². The number of hydrogen-bond donors (Lipinski definition) is 1.